The van der Waals surface area contributed by atoms with E-state index in [0.29, 0.717) is 22.2 Å². The van der Waals surface area contributed by atoms with Crippen molar-refractivity contribution in [3.63, 3.8) is 0 Å². The molecular weight excluding hydrogens is 317 g/mol. The largest absolute Gasteiger partial charge is 0.351 e. The van der Waals surface area contributed by atoms with Crippen LogP contribution in [0.4, 0.5) is 13.2 Å². The van der Waals surface area contributed by atoms with Gasteiger partial charge < -0.3 is 9.88 Å². The third-order valence-electron chi connectivity index (χ3n) is 4.14. The summed E-state index contributed by atoms with van der Waals surface area (Å²) in [6.45, 7) is 1.72. The van der Waals surface area contributed by atoms with E-state index in [4.69, 9.17) is 0 Å². The molecule has 1 unspecified atom stereocenters. The number of fused-ring (bicyclic) bond motifs is 1. The zero-order valence-corrected chi connectivity index (χ0v) is 13.1. The summed E-state index contributed by atoms with van der Waals surface area (Å²) in [6.07, 6.45) is 0. The van der Waals surface area contributed by atoms with E-state index in [0.717, 1.165) is 12.1 Å². The van der Waals surface area contributed by atoms with Gasteiger partial charge in [0.2, 0.25) is 0 Å². The minimum absolute atomic E-state index is 0.299. The number of hydrogen-bond acceptors (Lipinski definition) is 1. The number of aromatic nitrogens is 1. The quantitative estimate of drug-likeness (QED) is 0.757. The topological polar surface area (TPSA) is 36.1 Å². The van der Waals surface area contributed by atoms with Crippen molar-refractivity contribution in [1.82, 2.24) is 9.88 Å². The van der Waals surface area contributed by atoms with Crippen molar-refractivity contribution >= 4 is 16.8 Å². The molecule has 1 amide bonds. The number of aromatic amines is 1. The Morgan fingerprint density at radius 3 is 2.50 bits per heavy atom. The van der Waals surface area contributed by atoms with Gasteiger partial charge >= 0.3 is 0 Å². The van der Waals surface area contributed by atoms with E-state index in [2.05, 4.69) is 4.98 Å². The molecule has 124 valence electrons. The van der Waals surface area contributed by atoms with Crippen molar-refractivity contribution in [3.05, 3.63) is 71.2 Å². The SMILES string of the molecule is CC(c1ccc(F)c(F)c1)N(C)C(=O)c1cc2cc(F)ccc2[nH]1. The van der Waals surface area contributed by atoms with E-state index < -0.39 is 17.7 Å². The molecule has 1 atom stereocenters. The first kappa shape index (κ1) is 16.1. The highest BCUT2D eigenvalue weighted by atomic mass is 19.2. The fourth-order valence-electron chi connectivity index (χ4n) is 2.58. The minimum Gasteiger partial charge on any atom is -0.351 e. The molecule has 0 spiro atoms. The van der Waals surface area contributed by atoms with E-state index in [1.807, 2.05) is 0 Å². The van der Waals surface area contributed by atoms with Gasteiger partial charge in [0, 0.05) is 18.0 Å². The molecule has 0 bridgehead atoms. The molecule has 0 aliphatic rings. The molecule has 1 aromatic heterocycles. The second-order valence-electron chi connectivity index (χ2n) is 5.68. The summed E-state index contributed by atoms with van der Waals surface area (Å²) in [5.41, 5.74) is 1.42. The number of rotatable bonds is 3. The Hall–Kier alpha value is -2.76. The third-order valence-corrected chi connectivity index (χ3v) is 4.14. The Morgan fingerprint density at radius 1 is 1.04 bits per heavy atom. The summed E-state index contributed by atoms with van der Waals surface area (Å²) in [5.74, 6) is -2.60. The first-order chi connectivity index (χ1) is 11.4. The van der Waals surface area contributed by atoms with Gasteiger partial charge in [0.25, 0.3) is 5.91 Å². The molecule has 3 rings (SSSR count). The lowest BCUT2D eigenvalue weighted by molar-refractivity contribution is 0.0737. The molecule has 3 nitrogen and oxygen atoms in total. The zero-order valence-electron chi connectivity index (χ0n) is 13.1. The molecule has 0 aliphatic carbocycles. The maximum Gasteiger partial charge on any atom is 0.270 e. The van der Waals surface area contributed by atoms with Crippen molar-refractivity contribution in [2.24, 2.45) is 0 Å². The number of hydrogen-bond donors (Lipinski definition) is 1. The van der Waals surface area contributed by atoms with Crippen LogP contribution >= 0.6 is 0 Å². The van der Waals surface area contributed by atoms with Gasteiger partial charge in [-0.3, -0.25) is 4.79 Å². The van der Waals surface area contributed by atoms with E-state index in [9.17, 15) is 18.0 Å². The van der Waals surface area contributed by atoms with Crippen LogP contribution in [0.2, 0.25) is 0 Å². The monoisotopic (exact) mass is 332 g/mol. The Morgan fingerprint density at radius 2 is 1.79 bits per heavy atom. The molecule has 0 saturated carbocycles. The van der Waals surface area contributed by atoms with Gasteiger partial charge in [-0.15, -0.1) is 0 Å². The number of carbonyl (C=O) groups excluding carboxylic acids is 1. The van der Waals surface area contributed by atoms with Gasteiger partial charge in [0.05, 0.1) is 6.04 Å². The van der Waals surface area contributed by atoms with Gasteiger partial charge in [-0.25, -0.2) is 13.2 Å². The third kappa shape index (κ3) is 2.87. The minimum atomic E-state index is -0.957. The Labute approximate surface area is 136 Å². The number of benzene rings is 2. The molecule has 0 radical (unpaired) electrons. The number of carbonyl (C=O) groups is 1. The second kappa shape index (κ2) is 6.03. The first-order valence-corrected chi connectivity index (χ1v) is 7.37. The highest BCUT2D eigenvalue weighted by Crippen LogP contribution is 2.24. The number of nitrogens with one attached hydrogen (secondary N) is 1. The van der Waals surface area contributed by atoms with E-state index in [1.165, 1.54) is 23.1 Å². The lowest BCUT2D eigenvalue weighted by atomic mass is 10.1. The lowest BCUT2D eigenvalue weighted by Crippen LogP contribution is -2.30. The Kier molecular flexibility index (Phi) is 4.05. The summed E-state index contributed by atoms with van der Waals surface area (Å²) in [4.78, 5) is 16.9. The summed E-state index contributed by atoms with van der Waals surface area (Å²) >= 11 is 0. The Balaban J connectivity index is 1.88. The van der Waals surface area contributed by atoms with Crippen LogP contribution in [-0.4, -0.2) is 22.8 Å². The highest BCUT2D eigenvalue weighted by molar-refractivity contribution is 5.98. The summed E-state index contributed by atoms with van der Waals surface area (Å²) in [6, 6.07) is 8.84. The van der Waals surface area contributed by atoms with Gasteiger partial charge in [-0.05, 0) is 48.9 Å². The maximum atomic E-state index is 13.4. The van der Waals surface area contributed by atoms with Crippen LogP contribution in [0.1, 0.15) is 29.0 Å². The standard InChI is InChI=1S/C18H15F3N2O/c1-10(11-3-5-14(20)15(21)8-11)23(2)18(24)17-9-12-7-13(19)4-6-16(12)22-17/h3-10,22H,1-2H3. The van der Waals surface area contributed by atoms with Gasteiger partial charge in [0.15, 0.2) is 11.6 Å². The van der Waals surface area contributed by atoms with Crippen molar-refractivity contribution in [3.8, 4) is 0 Å². The van der Waals surface area contributed by atoms with Crippen LogP contribution in [-0.2, 0) is 0 Å². The molecule has 0 aliphatic heterocycles. The lowest BCUT2D eigenvalue weighted by Gasteiger charge is -2.25. The average molecular weight is 332 g/mol. The number of halogens is 3. The summed E-state index contributed by atoms with van der Waals surface area (Å²) in [7, 11) is 1.57. The van der Waals surface area contributed by atoms with Crippen LogP contribution in [0.3, 0.4) is 0 Å². The van der Waals surface area contributed by atoms with E-state index in [-0.39, 0.29) is 11.7 Å². The Bertz CT molecular complexity index is 920. The number of nitrogens with zero attached hydrogens (tertiary/aromatic N) is 1. The molecule has 1 heterocycles. The van der Waals surface area contributed by atoms with Crippen LogP contribution < -0.4 is 0 Å². The van der Waals surface area contributed by atoms with Crippen LogP contribution in [0, 0.1) is 17.5 Å². The maximum absolute atomic E-state index is 13.4. The zero-order chi connectivity index (χ0) is 17.4. The summed E-state index contributed by atoms with van der Waals surface area (Å²) in [5, 5.41) is 0.590. The average Bonchev–Trinajstić information content (AvgIpc) is 2.98. The molecule has 3 aromatic rings. The smallest absolute Gasteiger partial charge is 0.270 e. The van der Waals surface area contributed by atoms with Crippen LogP contribution in [0.25, 0.3) is 10.9 Å². The molecule has 0 saturated heterocycles. The number of amides is 1. The predicted molar refractivity (Wildman–Crippen MR) is 85.1 cm³/mol. The number of H-pyrrole nitrogens is 1. The van der Waals surface area contributed by atoms with Crippen molar-refractivity contribution in [1.29, 1.82) is 0 Å². The fraction of sp³-hybridized carbons (Fsp3) is 0.167. The molecule has 1 N–H and O–H groups in total. The van der Waals surface area contributed by atoms with Gasteiger partial charge in [-0.1, -0.05) is 6.07 Å². The molecule has 0 fully saturated rings. The molecule has 24 heavy (non-hydrogen) atoms. The normalized spacial score (nSPS) is 12.4. The molecular formula is C18H15F3N2O. The van der Waals surface area contributed by atoms with E-state index in [1.54, 1.807) is 26.1 Å². The predicted octanol–water partition coefficient (Wildman–Crippen LogP) is 4.42. The van der Waals surface area contributed by atoms with Crippen molar-refractivity contribution < 1.29 is 18.0 Å². The first-order valence-electron chi connectivity index (χ1n) is 7.37. The van der Waals surface area contributed by atoms with E-state index >= 15 is 0 Å². The van der Waals surface area contributed by atoms with Crippen LogP contribution in [0.15, 0.2) is 42.5 Å². The van der Waals surface area contributed by atoms with Crippen molar-refractivity contribution in [2.75, 3.05) is 7.05 Å². The summed E-state index contributed by atoms with van der Waals surface area (Å²) < 4.78 is 39.7. The molecule has 6 heteroatoms. The molecule has 2 aromatic carbocycles. The fourth-order valence-corrected chi connectivity index (χ4v) is 2.58. The second-order valence-corrected chi connectivity index (χ2v) is 5.68. The van der Waals surface area contributed by atoms with Gasteiger partial charge in [0.1, 0.15) is 11.5 Å². The van der Waals surface area contributed by atoms with Crippen LogP contribution in [0.5, 0.6) is 0 Å². The van der Waals surface area contributed by atoms with Crippen molar-refractivity contribution in [2.45, 2.75) is 13.0 Å². The van der Waals surface area contributed by atoms with Gasteiger partial charge in [-0.2, -0.15) is 0 Å². The highest BCUT2D eigenvalue weighted by Gasteiger charge is 2.21.